The van der Waals surface area contributed by atoms with E-state index >= 15 is 0 Å². The Labute approximate surface area is 160 Å². The van der Waals surface area contributed by atoms with Crippen LogP contribution in [0.25, 0.3) is 33.9 Å². The van der Waals surface area contributed by atoms with Gasteiger partial charge in [0.1, 0.15) is 5.82 Å². The predicted octanol–water partition coefficient (Wildman–Crippen LogP) is 5.69. The third-order valence-corrected chi connectivity index (χ3v) is 4.55. The van der Waals surface area contributed by atoms with E-state index in [4.69, 9.17) is 33.9 Å². The minimum atomic E-state index is 0.565. The Hall–Kier alpha value is -2.82. The standard InChI is InChI=1S/C20H14Cl2N4/c21-14-3-1-12(2-4-14)18-19(13-7-9-24-10-8-13)26-20(25-18)16-6-5-15(22)11-17(16)23/h1-11H,23H2,(H,25,26). The van der Waals surface area contributed by atoms with Gasteiger partial charge in [-0.25, -0.2) is 4.98 Å². The average Bonchev–Trinajstić information content (AvgIpc) is 3.08. The normalized spacial score (nSPS) is 10.8. The van der Waals surface area contributed by atoms with Crippen LogP contribution in [0.4, 0.5) is 5.69 Å². The Morgan fingerprint density at radius 3 is 2.19 bits per heavy atom. The molecule has 0 unspecified atom stereocenters. The number of halogens is 2. The second kappa shape index (κ2) is 6.83. The number of aromatic nitrogens is 3. The van der Waals surface area contributed by atoms with Gasteiger partial charge in [0.15, 0.2) is 0 Å². The third-order valence-electron chi connectivity index (χ3n) is 4.06. The molecule has 0 saturated heterocycles. The van der Waals surface area contributed by atoms with E-state index in [0.29, 0.717) is 21.6 Å². The molecule has 4 aromatic rings. The zero-order chi connectivity index (χ0) is 18.1. The van der Waals surface area contributed by atoms with Crippen LogP contribution in [0.15, 0.2) is 67.0 Å². The molecule has 0 aliphatic rings. The summed E-state index contributed by atoms with van der Waals surface area (Å²) in [7, 11) is 0. The second-order valence-electron chi connectivity index (χ2n) is 5.78. The zero-order valence-corrected chi connectivity index (χ0v) is 15.1. The molecule has 3 N–H and O–H groups in total. The number of nitrogens with zero attached hydrogens (tertiary/aromatic N) is 2. The van der Waals surface area contributed by atoms with E-state index in [1.54, 1.807) is 24.5 Å². The maximum atomic E-state index is 6.14. The van der Waals surface area contributed by atoms with Crippen LogP contribution in [0, 0.1) is 0 Å². The van der Waals surface area contributed by atoms with Crippen molar-refractivity contribution in [3.8, 4) is 33.9 Å². The number of benzene rings is 2. The van der Waals surface area contributed by atoms with Crippen LogP contribution in [0.2, 0.25) is 10.0 Å². The first kappa shape index (κ1) is 16.6. The monoisotopic (exact) mass is 380 g/mol. The number of hydrogen-bond acceptors (Lipinski definition) is 3. The topological polar surface area (TPSA) is 67.6 Å². The van der Waals surface area contributed by atoms with Crippen molar-refractivity contribution in [3.63, 3.8) is 0 Å². The number of anilines is 1. The van der Waals surface area contributed by atoms with Crippen LogP contribution in [0.3, 0.4) is 0 Å². The summed E-state index contributed by atoms with van der Waals surface area (Å²) in [4.78, 5) is 12.3. The fourth-order valence-electron chi connectivity index (χ4n) is 2.79. The average molecular weight is 381 g/mol. The van der Waals surface area contributed by atoms with Gasteiger partial charge in [-0.1, -0.05) is 35.3 Å². The van der Waals surface area contributed by atoms with Crippen molar-refractivity contribution < 1.29 is 0 Å². The van der Waals surface area contributed by atoms with Gasteiger partial charge >= 0.3 is 0 Å². The molecule has 4 rings (SSSR count). The summed E-state index contributed by atoms with van der Waals surface area (Å²) < 4.78 is 0. The molecule has 0 aliphatic carbocycles. The number of aromatic amines is 1. The van der Waals surface area contributed by atoms with Gasteiger partial charge in [0.25, 0.3) is 0 Å². The first-order valence-electron chi connectivity index (χ1n) is 7.93. The minimum Gasteiger partial charge on any atom is -0.398 e. The van der Waals surface area contributed by atoms with Crippen LogP contribution in [0.1, 0.15) is 0 Å². The Morgan fingerprint density at radius 2 is 1.50 bits per heavy atom. The van der Waals surface area contributed by atoms with Crippen LogP contribution in [0.5, 0.6) is 0 Å². The summed E-state index contributed by atoms with van der Waals surface area (Å²) in [5, 5.41) is 1.27. The van der Waals surface area contributed by atoms with E-state index in [-0.39, 0.29) is 0 Å². The largest absolute Gasteiger partial charge is 0.398 e. The molecule has 0 atom stereocenters. The molecule has 2 aromatic carbocycles. The number of H-pyrrole nitrogens is 1. The Morgan fingerprint density at radius 1 is 0.808 bits per heavy atom. The van der Waals surface area contributed by atoms with E-state index < -0.39 is 0 Å². The second-order valence-corrected chi connectivity index (χ2v) is 6.66. The Bertz CT molecular complexity index is 1060. The van der Waals surface area contributed by atoms with Crippen molar-refractivity contribution in [1.82, 2.24) is 15.0 Å². The quantitative estimate of drug-likeness (QED) is 0.448. The van der Waals surface area contributed by atoms with Crippen molar-refractivity contribution in [2.24, 2.45) is 0 Å². The molecule has 6 heteroatoms. The first-order chi connectivity index (χ1) is 12.6. The Kier molecular flexibility index (Phi) is 4.37. The number of hydrogen-bond donors (Lipinski definition) is 2. The molecule has 0 spiro atoms. The first-order valence-corrected chi connectivity index (χ1v) is 8.69. The summed E-state index contributed by atoms with van der Waals surface area (Å²) in [5.74, 6) is 0.677. The summed E-state index contributed by atoms with van der Waals surface area (Å²) in [6, 6.07) is 16.8. The van der Waals surface area contributed by atoms with Crippen LogP contribution < -0.4 is 5.73 Å². The lowest BCUT2D eigenvalue weighted by Gasteiger charge is -2.03. The fourth-order valence-corrected chi connectivity index (χ4v) is 3.10. The molecule has 2 aromatic heterocycles. The van der Waals surface area contributed by atoms with Gasteiger partial charge in [-0.05, 0) is 42.5 Å². The molecule has 0 fully saturated rings. The minimum absolute atomic E-state index is 0.565. The number of rotatable bonds is 3. The highest BCUT2D eigenvalue weighted by Gasteiger charge is 2.16. The number of nitrogens with one attached hydrogen (secondary N) is 1. The van der Waals surface area contributed by atoms with Gasteiger partial charge in [-0.3, -0.25) is 4.98 Å². The van der Waals surface area contributed by atoms with Gasteiger partial charge in [0, 0.05) is 44.8 Å². The molecule has 0 radical (unpaired) electrons. The maximum Gasteiger partial charge on any atom is 0.140 e. The SMILES string of the molecule is Nc1cc(Cl)ccc1-c1nc(-c2ccc(Cl)cc2)c(-c2ccncc2)[nH]1. The maximum absolute atomic E-state index is 6.14. The highest BCUT2D eigenvalue weighted by Crippen LogP contribution is 2.35. The van der Waals surface area contributed by atoms with E-state index in [1.165, 1.54) is 0 Å². The molecule has 128 valence electrons. The lowest BCUT2D eigenvalue weighted by molar-refractivity contribution is 1.30. The predicted molar refractivity (Wildman–Crippen MR) is 107 cm³/mol. The van der Waals surface area contributed by atoms with Crippen molar-refractivity contribution in [3.05, 3.63) is 77.0 Å². The van der Waals surface area contributed by atoms with Crippen LogP contribution >= 0.6 is 23.2 Å². The lowest BCUT2D eigenvalue weighted by Crippen LogP contribution is -1.91. The molecular weight excluding hydrogens is 367 g/mol. The third kappa shape index (κ3) is 3.17. The van der Waals surface area contributed by atoms with Crippen molar-refractivity contribution in [2.75, 3.05) is 5.73 Å². The zero-order valence-electron chi connectivity index (χ0n) is 13.6. The lowest BCUT2D eigenvalue weighted by atomic mass is 10.1. The van der Waals surface area contributed by atoms with Gasteiger partial charge in [-0.2, -0.15) is 0 Å². The van der Waals surface area contributed by atoms with Crippen molar-refractivity contribution in [2.45, 2.75) is 0 Å². The highest BCUT2D eigenvalue weighted by atomic mass is 35.5. The van der Waals surface area contributed by atoms with Crippen molar-refractivity contribution in [1.29, 1.82) is 0 Å². The molecule has 0 saturated carbocycles. The molecule has 0 bridgehead atoms. The number of nitrogen functional groups attached to an aromatic ring is 1. The van der Waals surface area contributed by atoms with Gasteiger partial charge in [0.05, 0.1) is 11.4 Å². The number of pyridine rings is 1. The number of nitrogens with two attached hydrogens (primary N) is 1. The summed E-state index contributed by atoms with van der Waals surface area (Å²) in [6.07, 6.45) is 3.50. The molecule has 0 amide bonds. The van der Waals surface area contributed by atoms with Crippen LogP contribution in [-0.2, 0) is 0 Å². The van der Waals surface area contributed by atoms with E-state index in [0.717, 1.165) is 28.1 Å². The highest BCUT2D eigenvalue weighted by molar-refractivity contribution is 6.31. The smallest absolute Gasteiger partial charge is 0.140 e. The summed E-state index contributed by atoms with van der Waals surface area (Å²) in [5.41, 5.74) is 11.1. The van der Waals surface area contributed by atoms with E-state index in [9.17, 15) is 0 Å². The number of imidazole rings is 1. The molecular formula is C20H14Cl2N4. The van der Waals surface area contributed by atoms with Gasteiger partial charge in [-0.15, -0.1) is 0 Å². The van der Waals surface area contributed by atoms with Crippen LogP contribution in [-0.4, -0.2) is 15.0 Å². The van der Waals surface area contributed by atoms with E-state index in [1.807, 2.05) is 42.5 Å². The van der Waals surface area contributed by atoms with Gasteiger partial charge < -0.3 is 10.7 Å². The summed E-state index contributed by atoms with van der Waals surface area (Å²) in [6.45, 7) is 0. The van der Waals surface area contributed by atoms with Gasteiger partial charge in [0.2, 0.25) is 0 Å². The van der Waals surface area contributed by atoms with E-state index in [2.05, 4.69) is 9.97 Å². The molecule has 4 nitrogen and oxygen atoms in total. The fraction of sp³-hybridized carbons (Fsp3) is 0. The van der Waals surface area contributed by atoms with Crippen molar-refractivity contribution >= 4 is 28.9 Å². The molecule has 0 aliphatic heterocycles. The Balaban J connectivity index is 1.91. The molecule has 26 heavy (non-hydrogen) atoms. The summed E-state index contributed by atoms with van der Waals surface area (Å²) >= 11 is 12.0. The molecule has 2 heterocycles.